The number of nitrogens with zero attached hydrogens (tertiary/aromatic N) is 1. The van der Waals surface area contributed by atoms with Gasteiger partial charge in [-0.25, -0.2) is 0 Å². The first-order valence-corrected chi connectivity index (χ1v) is 7.31. The molecule has 106 valence electrons. The first kappa shape index (κ1) is 14.4. The molecule has 19 heavy (non-hydrogen) atoms. The number of hydrogen-bond donors (Lipinski definition) is 2. The van der Waals surface area contributed by atoms with Gasteiger partial charge in [0.05, 0.1) is 0 Å². The van der Waals surface area contributed by atoms with Gasteiger partial charge in [0.15, 0.2) is 0 Å². The molecular formula is C16H26N2O. The lowest BCUT2D eigenvalue weighted by molar-refractivity contribution is 0.0560. The zero-order valence-electron chi connectivity index (χ0n) is 12.3. The minimum absolute atomic E-state index is 0.212. The first-order chi connectivity index (χ1) is 9.04. The highest BCUT2D eigenvalue weighted by Crippen LogP contribution is 2.35. The van der Waals surface area contributed by atoms with Gasteiger partial charge in [0, 0.05) is 30.2 Å². The van der Waals surface area contributed by atoms with E-state index in [9.17, 15) is 5.11 Å². The number of benzene rings is 1. The van der Waals surface area contributed by atoms with Gasteiger partial charge >= 0.3 is 0 Å². The van der Waals surface area contributed by atoms with Crippen molar-refractivity contribution >= 4 is 0 Å². The molecule has 1 aliphatic rings. The Morgan fingerprint density at radius 2 is 2.16 bits per heavy atom. The third-order valence-electron chi connectivity index (χ3n) is 4.44. The van der Waals surface area contributed by atoms with Crippen molar-refractivity contribution in [2.75, 3.05) is 6.54 Å². The van der Waals surface area contributed by atoms with Crippen LogP contribution in [0.3, 0.4) is 0 Å². The molecule has 1 aromatic rings. The molecule has 1 aromatic carbocycles. The van der Waals surface area contributed by atoms with E-state index in [-0.39, 0.29) is 6.04 Å². The van der Waals surface area contributed by atoms with Crippen molar-refractivity contribution in [3.63, 3.8) is 0 Å². The SMILES string of the molecule is Cc1ccc(O)c(C(C)N2C(C)CCCC2CN)c1. The summed E-state index contributed by atoms with van der Waals surface area (Å²) in [5, 5.41) is 10.1. The molecule has 0 aliphatic carbocycles. The van der Waals surface area contributed by atoms with Crippen LogP contribution in [-0.4, -0.2) is 28.6 Å². The third-order valence-corrected chi connectivity index (χ3v) is 4.44. The Labute approximate surface area is 116 Å². The fraction of sp³-hybridized carbons (Fsp3) is 0.625. The quantitative estimate of drug-likeness (QED) is 0.880. The molecule has 1 fully saturated rings. The van der Waals surface area contributed by atoms with Crippen molar-refractivity contribution in [3.8, 4) is 5.75 Å². The van der Waals surface area contributed by atoms with Crippen LogP contribution in [0.15, 0.2) is 18.2 Å². The summed E-state index contributed by atoms with van der Waals surface area (Å²) >= 11 is 0. The zero-order chi connectivity index (χ0) is 14.0. The van der Waals surface area contributed by atoms with E-state index in [1.807, 2.05) is 6.07 Å². The number of likely N-dealkylation sites (tertiary alicyclic amines) is 1. The van der Waals surface area contributed by atoms with E-state index in [2.05, 4.69) is 31.7 Å². The average Bonchev–Trinajstić information content (AvgIpc) is 2.40. The summed E-state index contributed by atoms with van der Waals surface area (Å²) < 4.78 is 0. The van der Waals surface area contributed by atoms with Crippen molar-refractivity contribution in [2.45, 2.75) is 58.2 Å². The summed E-state index contributed by atoms with van der Waals surface area (Å²) in [6, 6.07) is 7.01. The molecule has 0 amide bonds. The summed E-state index contributed by atoms with van der Waals surface area (Å²) in [5.74, 6) is 0.395. The lowest BCUT2D eigenvalue weighted by Gasteiger charge is -2.44. The van der Waals surface area contributed by atoms with Gasteiger partial charge in [-0.2, -0.15) is 0 Å². The van der Waals surface area contributed by atoms with Crippen LogP contribution in [-0.2, 0) is 0 Å². The summed E-state index contributed by atoms with van der Waals surface area (Å²) in [5.41, 5.74) is 8.14. The van der Waals surface area contributed by atoms with E-state index in [0.29, 0.717) is 24.4 Å². The van der Waals surface area contributed by atoms with Crippen molar-refractivity contribution in [2.24, 2.45) is 5.73 Å². The van der Waals surface area contributed by atoms with Gasteiger partial charge in [0.25, 0.3) is 0 Å². The standard InChI is InChI=1S/C16H26N2O/c1-11-7-8-16(19)15(9-11)13(3)18-12(2)5-4-6-14(18)10-17/h7-9,12-14,19H,4-6,10,17H2,1-3H3. The molecule has 0 bridgehead atoms. The van der Waals surface area contributed by atoms with Gasteiger partial charge in [-0.05, 0) is 39.7 Å². The Balaban J connectivity index is 2.30. The molecule has 1 saturated heterocycles. The van der Waals surface area contributed by atoms with Gasteiger partial charge in [-0.3, -0.25) is 4.90 Å². The van der Waals surface area contributed by atoms with Crippen LogP contribution in [0.5, 0.6) is 5.75 Å². The molecule has 1 aliphatic heterocycles. The second kappa shape index (κ2) is 5.93. The molecule has 2 rings (SSSR count). The smallest absolute Gasteiger partial charge is 0.120 e. The Bertz CT molecular complexity index is 433. The molecule has 0 spiro atoms. The maximum Gasteiger partial charge on any atom is 0.120 e. The number of aryl methyl sites for hydroxylation is 1. The maximum atomic E-state index is 10.1. The third kappa shape index (κ3) is 2.93. The van der Waals surface area contributed by atoms with Crippen LogP contribution in [0.25, 0.3) is 0 Å². The minimum atomic E-state index is 0.212. The van der Waals surface area contributed by atoms with E-state index in [4.69, 9.17) is 5.73 Å². The molecule has 3 heteroatoms. The maximum absolute atomic E-state index is 10.1. The Kier molecular flexibility index (Phi) is 4.48. The van der Waals surface area contributed by atoms with Crippen LogP contribution in [0.2, 0.25) is 0 Å². The largest absolute Gasteiger partial charge is 0.508 e. The monoisotopic (exact) mass is 262 g/mol. The van der Waals surface area contributed by atoms with E-state index in [1.165, 1.54) is 18.4 Å². The molecule has 0 saturated carbocycles. The topological polar surface area (TPSA) is 49.5 Å². The molecule has 1 heterocycles. The lowest BCUT2D eigenvalue weighted by atomic mass is 9.91. The lowest BCUT2D eigenvalue weighted by Crippen LogP contribution is -2.49. The number of phenolic OH excluding ortho intramolecular Hbond substituents is 1. The number of aromatic hydroxyl groups is 1. The normalized spacial score (nSPS) is 26.3. The Morgan fingerprint density at radius 1 is 1.42 bits per heavy atom. The van der Waals surface area contributed by atoms with Crippen molar-refractivity contribution in [1.29, 1.82) is 0 Å². The van der Waals surface area contributed by atoms with Crippen molar-refractivity contribution < 1.29 is 5.11 Å². The van der Waals surface area contributed by atoms with E-state index in [0.717, 1.165) is 12.0 Å². The summed E-state index contributed by atoms with van der Waals surface area (Å²) in [7, 11) is 0. The van der Waals surface area contributed by atoms with Crippen molar-refractivity contribution in [1.82, 2.24) is 4.90 Å². The van der Waals surface area contributed by atoms with Crippen LogP contribution >= 0.6 is 0 Å². The molecule has 3 nitrogen and oxygen atoms in total. The van der Waals surface area contributed by atoms with Crippen LogP contribution < -0.4 is 5.73 Å². The Morgan fingerprint density at radius 3 is 2.84 bits per heavy atom. The molecule has 0 aromatic heterocycles. The summed E-state index contributed by atoms with van der Waals surface area (Å²) in [4.78, 5) is 2.48. The van der Waals surface area contributed by atoms with Gasteiger partial charge in [-0.15, -0.1) is 0 Å². The molecule has 3 unspecified atom stereocenters. The van der Waals surface area contributed by atoms with E-state index in [1.54, 1.807) is 6.07 Å². The minimum Gasteiger partial charge on any atom is -0.508 e. The van der Waals surface area contributed by atoms with Crippen LogP contribution in [0, 0.1) is 6.92 Å². The second-order valence-electron chi connectivity index (χ2n) is 5.85. The van der Waals surface area contributed by atoms with Crippen LogP contribution in [0.4, 0.5) is 0 Å². The predicted octanol–water partition coefficient (Wildman–Crippen LogP) is 2.96. The number of nitrogens with two attached hydrogens (primary N) is 1. The van der Waals surface area contributed by atoms with Crippen molar-refractivity contribution in [3.05, 3.63) is 29.3 Å². The highest BCUT2D eigenvalue weighted by Gasteiger charge is 2.32. The molecule has 3 atom stereocenters. The van der Waals surface area contributed by atoms with Crippen LogP contribution in [0.1, 0.15) is 50.3 Å². The second-order valence-corrected chi connectivity index (χ2v) is 5.85. The number of phenols is 1. The number of rotatable bonds is 3. The van der Waals surface area contributed by atoms with Gasteiger partial charge in [0.1, 0.15) is 5.75 Å². The van der Waals surface area contributed by atoms with Gasteiger partial charge < -0.3 is 10.8 Å². The van der Waals surface area contributed by atoms with Gasteiger partial charge in [0.2, 0.25) is 0 Å². The summed E-state index contributed by atoms with van der Waals surface area (Å²) in [6.07, 6.45) is 3.64. The van der Waals surface area contributed by atoms with E-state index < -0.39 is 0 Å². The van der Waals surface area contributed by atoms with E-state index >= 15 is 0 Å². The van der Waals surface area contributed by atoms with Gasteiger partial charge in [-0.1, -0.05) is 24.1 Å². The molecule has 0 radical (unpaired) electrons. The molecular weight excluding hydrogens is 236 g/mol. The average molecular weight is 262 g/mol. The number of piperidine rings is 1. The highest BCUT2D eigenvalue weighted by atomic mass is 16.3. The fourth-order valence-corrected chi connectivity index (χ4v) is 3.41. The Hall–Kier alpha value is -1.06. The first-order valence-electron chi connectivity index (χ1n) is 7.31. The summed E-state index contributed by atoms with van der Waals surface area (Å²) in [6.45, 7) is 7.21. The number of hydrogen-bond acceptors (Lipinski definition) is 3. The fourth-order valence-electron chi connectivity index (χ4n) is 3.41. The predicted molar refractivity (Wildman–Crippen MR) is 79.3 cm³/mol. The zero-order valence-corrected chi connectivity index (χ0v) is 12.3. The molecule has 3 N–H and O–H groups in total. The highest BCUT2D eigenvalue weighted by molar-refractivity contribution is 5.38.